The number of halogens is 3. The molecule has 0 amide bonds. The molecule has 0 unspecified atom stereocenters. The van der Waals surface area contributed by atoms with E-state index >= 15 is 0 Å². The SMILES string of the molecule is CNc1ncnn1-c1ccc(OC(F)(F)F)cc1. The fourth-order valence-electron chi connectivity index (χ4n) is 1.39. The van der Waals surface area contributed by atoms with E-state index < -0.39 is 6.36 Å². The van der Waals surface area contributed by atoms with Crippen molar-refractivity contribution in [2.75, 3.05) is 12.4 Å². The molecule has 0 radical (unpaired) electrons. The Hall–Kier alpha value is -2.25. The molecule has 5 nitrogen and oxygen atoms in total. The molecule has 0 spiro atoms. The van der Waals surface area contributed by atoms with E-state index in [1.165, 1.54) is 35.3 Å². The zero-order valence-electron chi connectivity index (χ0n) is 9.27. The molecule has 96 valence electrons. The van der Waals surface area contributed by atoms with Gasteiger partial charge >= 0.3 is 6.36 Å². The molecule has 0 saturated carbocycles. The van der Waals surface area contributed by atoms with Gasteiger partial charge in [0.05, 0.1) is 5.69 Å². The van der Waals surface area contributed by atoms with Crippen LogP contribution in [-0.2, 0) is 0 Å². The average molecular weight is 258 g/mol. The van der Waals surface area contributed by atoms with Gasteiger partial charge in [0, 0.05) is 7.05 Å². The van der Waals surface area contributed by atoms with E-state index in [-0.39, 0.29) is 5.75 Å². The van der Waals surface area contributed by atoms with Crippen LogP contribution in [-0.4, -0.2) is 28.2 Å². The zero-order valence-corrected chi connectivity index (χ0v) is 9.27. The van der Waals surface area contributed by atoms with Crippen LogP contribution in [0.2, 0.25) is 0 Å². The predicted octanol–water partition coefficient (Wildman–Crippen LogP) is 2.21. The lowest BCUT2D eigenvalue weighted by atomic mass is 10.3. The third-order valence-corrected chi connectivity index (χ3v) is 2.09. The molecule has 0 aliphatic heterocycles. The van der Waals surface area contributed by atoms with Crippen LogP contribution >= 0.6 is 0 Å². The van der Waals surface area contributed by atoms with Gasteiger partial charge in [0.2, 0.25) is 5.95 Å². The van der Waals surface area contributed by atoms with Gasteiger partial charge in [0.25, 0.3) is 0 Å². The second-order valence-electron chi connectivity index (χ2n) is 3.29. The fourth-order valence-corrected chi connectivity index (χ4v) is 1.39. The third-order valence-electron chi connectivity index (χ3n) is 2.09. The summed E-state index contributed by atoms with van der Waals surface area (Å²) in [6.07, 6.45) is -3.35. The summed E-state index contributed by atoms with van der Waals surface area (Å²) in [7, 11) is 1.67. The van der Waals surface area contributed by atoms with E-state index in [0.717, 1.165) is 0 Å². The highest BCUT2D eigenvalue weighted by molar-refractivity contribution is 5.41. The molecule has 0 bridgehead atoms. The van der Waals surface area contributed by atoms with Crippen molar-refractivity contribution in [3.05, 3.63) is 30.6 Å². The molecule has 1 N–H and O–H groups in total. The Morgan fingerprint density at radius 3 is 2.44 bits per heavy atom. The number of nitrogens with one attached hydrogen (secondary N) is 1. The summed E-state index contributed by atoms with van der Waals surface area (Å²) in [5.41, 5.74) is 0.575. The molecule has 0 saturated heterocycles. The minimum absolute atomic E-state index is 0.280. The van der Waals surface area contributed by atoms with Crippen LogP contribution < -0.4 is 10.1 Å². The van der Waals surface area contributed by atoms with Gasteiger partial charge in [-0.25, -0.2) is 0 Å². The topological polar surface area (TPSA) is 52.0 Å². The number of hydrogen-bond acceptors (Lipinski definition) is 4. The number of ether oxygens (including phenoxy) is 1. The van der Waals surface area contributed by atoms with Crippen LogP contribution in [0.1, 0.15) is 0 Å². The fraction of sp³-hybridized carbons (Fsp3) is 0.200. The third kappa shape index (κ3) is 2.70. The van der Waals surface area contributed by atoms with Crippen molar-refractivity contribution >= 4 is 5.95 Å². The maximum Gasteiger partial charge on any atom is 0.573 e. The number of nitrogens with zero attached hydrogens (tertiary/aromatic N) is 3. The van der Waals surface area contributed by atoms with Crippen molar-refractivity contribution in [2.45, 2.75) is 6.36 Å². The van der Waals surface area contributed by atoms with Gasteiger partial charge in [0.1, 0.15) is 12.1 Å². The van der Waals surface area contributed by atoms with Crippen molar-refractivity contribution in [2.24, 2.45) is 0 Å². The standard InChI is InChI=1S/C10H9F3N4O/c1-14-9-15-6-16-17(9)7-2-4-8(5-3-7)18-10(11,12)13/h2-6H,1H3,(H,14,15,16). The Morgan fingerprint density at radius 1 is 1.22 bits per heavy atom. The number of benzene rings is 1. The molecule has 2 rings (SSSR count). The largest absolute Gasteiger partial charge is 0.573 e. The molecule has 8 heteroatoms. The molecule has 1 aromatic heterocycles. The van der Waals surface area contributed by atoms with E-state index in [9.17, 15) is 13.2 Å². The van der Waals surface area contributed by atoms with E-state index in [4.69, 9.17) is 0 Å². The summed E-state index contributed by atoms with van der Waals surface area (Å²) < 4.78 is 41.1. The van der Waals surface area contributed by atoms with Crippen LogP contribution in [0, 0.1) is 0 Å². The predicted molar refractivity (Wildman–Crippen MR) is 57.6 cm³/mol. The van der Waals surface area contributed by atoms with Crippen molar-refractivity contribution in [3.63, 3.8) is 0 Å². The van der Waals surface area contributed by atoms with Crippen molar-refractivity contribution < 1.29 is 17.9 Å². The van der Waals surface area contributed by atoms with Crippen molar-refractivity contribution in [3.8, 4) is 11.4 Å². The first-order valence-electron chi connectivity index (χ1n) is 4.93. The van der Waals surface area contributed by atoms with Gasteiger partial charge in [-0.1, -0.05) is 0 Å². The minimum atomic E-state index is -4.69. The number of alkyl halides is 3. The average Bonchev–Trinajstić information content (AvgIpc) is 2.76. The summed E-state index contributed by atoms with van der Waals surface area (Å²) in [5.74, 6) is 0.205. The monoisotopic (exact) mass is 258 g/mol. The highest BCUT2D eigenvalue weighted by atomic mass is 19.4. The Labute approximate surface area is 100 Å². The van der Waals surface area contributed by atoms with E-state index in [2.05, 4.69) is 20.1 Å². The Morgan fingerprint density at radius 2 is 1.89 bits per heavy atom. The molecule has 1 heterocycles. The van der Waals surface area contributed by atoms with Gasteiger partial charge in [-0.15, -0.1) is 13.2 Å². The molecule has 0 atom stereocenters. The summed E-state index contributed by atoms with van der Waals surface area (Å²) >= 11 is 0. The molecular formula is C10H9F3N4O. The van der Waals surface area contributed by atoms with Crippen LogP contribution in [0.3, 0.4) is 0 Å². The van der Waals surface area contributed by atoms with Crippen LogP contribution in [0.25, 0.3) is 5.69 Å². The lowest BCUT2D eigenvalue weighted by molar-refractivity contribution is -0.274. The second-order valence-corrected chi connectivity index (χ2v) is 3.29. The maximum atomic E-state index is 12.0. The first-order chi connectivity index (χ1) is 8.49. The lowest BCUT2D eigenvalue weighted by Gasteiger charge is -2.09. The van der Waals surface area contributed by atoms with Gasteiger partial charge in [0.15, 0.2) is 0 Å². The first kappa shape index (κ1) is 12.2. The van der Waals surface area contributed by atoms with Gasteiger partial charge in [-0.05, 0) is 24.3 Å². The maximum absolute atomic E-state index is 12.0. The molecule has 0 fully saturated rings. The van der Waals surface area contributed by atoms with Gasteiger partial charge in [-0.2, -0.15) is 14.8 Å². The summed E-state index contributed by atoms with van der Waals surface area (Å²) in [6, 6.07) is 5.33. The normalized spacial score (nSPS) is 11.3. The minimum Gasteiger partial charge on any atom is -0.406 e. The van der Waals surface area contributed by atoms with Gasteiger partial charge < -0.3 is 10.1 Å². The summed E-state index contributed by atoms with van der Waals surface area (Å²) in [6.45, 7) is 0. The Bertz CT molecular complexity index is 521. The molecule has 18 heavy (non-hydrogen) atoms. The zero-order chi connectivity index (χ0) is 13.2. The number of aromatic nitrogens is 3. The highest BCUT2D eigenvalue weighted by Gasteiger charge is 2.30. The van der Waals surface area contributed by atoms with Gasteiger partial charge in [-0.3, -0.25) is 0 Å². The van der Waals surface area contributed by atoms with Crippen molar-refractivity contribution in [1.29, 1.82) is 0 Å². The quantitative estimate of drug-likeness (QED) is 0.917. The molecule has 0 aliphatic rings. The van der Waals surface area contributed by atoms with E-state index in [1.807, 2.05) is 0 Å². The Balaban J connectivity index is 2.23. The highest BCUT2D eigenvalue weighted by Crippen LogP contribution is 2.24. The first-order valence-corrected chi connectivity index (χ1v) is 4.93. The van der Waals surface area contributed by atoms with E-state index in [0.29, 0.717) is 11.6 Å². The van der Waals surface area contributed by atoms with Crippen LogP contribution in [0.4, 0.5) is 19.1 Å². The number of anilines is 1. The molecule has 0 aliphatic carbocycles. The molecule has 1 aromatic carbocycles. The number of rotatable bonds is 3. The van der Waals surface area contributed by atoms with Crippen LogP contribution in [0.15, 0.2) is 30.6 Å². The Kier molecular flexibility index (Phi) is 3.09. The summed E-state index contributed by atoms with van der Waals surface area (Å²) in [4.78, 5) is 3.92. The van der Waals surface area contributed by atoms with E-state index in [1.54, 1.807) is 7.05 Å². The number of hydrogen-bond donors (Lipinski definition) is 1. The summed E-state index contributed by atoms with van der Waals surface area (Å²) in [5, 5.41) is 6.75. The van der Waals surface area contributed by atoms with Crippen LogP contribution in [0.5, 0.6) is 5.75 Å². The van der Waals surface area contributed by atoms with Crippen molar-refractivity contribution in [1.82, 2.24) is 14.8 Å². The second kappa shape index (κ2) is 4.55. The molecule has 2 aromatic rings. The lowest BCUT2D eigenvalue weighted by Crippen LogP contribution is -2.17. The molecular weight excluding hydrogens is 249 g/mol. The smallest absolute Gasteiger partial charge is 0.406 e.